The minimum atomic E-state index is -0.551. The fourth-order valence-corrected chi connectivity index (χ4v) is 2.93. The van der Waals surface area contributed by atoms with Crippen LogP contribution in [0.1, 0.15) is 5.56 Å². The summed E-state index contributed by atoms with van der Waals surface area (Å²) in [5.41, 5.74) is -0.0197. The van der Waals surface area contributed by atoms with Gasteiger partial charge in [-0.2, -0.15) is 5.26 Å². The summed E-state index contributed by atoms with van der Waals surface area (Å²) in [6, 6.07) is 14.9. The zero-order valence-corrected chi connectivity index (χ0v) is 13.4. The molecule has 0 aliphatic carbocycles. The number of pyridine rings is 2. The molecule has 3 heterocycles. The van der Waals surface area contributed by atoms with E-state index >= 15 is 0 Å². The van der Waals surface area contributed by atoms with Gasteiger partial charge in [0.25, 0.3) is 11.1 Å². The molecule has 0 N–H and O–H groups in total. The molecule has 4 rings (SSSR count). The van der Waals surface area contributed by atoms with E-state index in [-0.39, 0.29) is 22.2 Å². The number of rotatable bonds is 1. The summed E-state index contributed by atoms with van der Waals surface area (Å²) >= 11 is 6.03. The zero-order valence-electron chi connectivity index (χ0n) is 12.7. The second kappa shape index (κ2) is 5.58. The van der Waals surface area contributed by atoms with Crippen LogP contribution in [0.2, 0.25) is 5.02 Å². The van der Waals surface area contributed by atoms with Crippen molar-refractivity contribution in [2.24, 2.45) is 0 Å². The van der Waals surface area contributed by atoms with Crippen molar-refractivity contribution in [1.29, 1.82) is 5.26 Å². The van der Waals surface area contributed by atoms with Gasteiger partial charge in [-0.3, -0.25) is 18.6 Å². The average Bonchev–Trinajstić information content (AvgIpc) is 2.62. The molecule has 0 aliphatic rings. The van der Waals surface area contributed by atoms with Crippen LogP contribution >= 0.6 is 11.6 Å². The third-order valence-electron chi connectivity index (χ3n) is 3.87. The van der Waals surface area contributed by atoms with Crippen LogP contribution in [-0.4, -0.2) is 14.0 Å². The van der Waals surface area contributed by atoms with E-state index in [2.05, 4.69) is 4.98 Å². The lowest BCUT2D eigenvalue weighted by Crippen LogP contribution is -2.26. The third-order valence-corrected chi connectivity index (χ3v) is 4.10. The van der Waals surface area contributed by atoms with Crippen LogP contribution in [0.4, 0.5) is 0 Å². The van der Waals surface area contributed by atoms with Crippen LogP contribution in [0.3, 0.4) is 0 Å². The Balaban J connectivity index is 2.28. The Bertz CT molecular complexity index is 1310. The smallest absolute Gasteiger partial charge is 0.268 e. The topological polar surface area (TPSA) is 80.2 Å². The molecule has 120 valence electrons. The molecule has 3 aromatic heterocycles. The van der Waals surface area contributed by atoms with Crippen molar-refractivity contribution in [1.82, 2.24) is 14.0 Å². The molecule has 0 fully saturated rings. The van der Waals surface area contributed by atoms with Gasteiger partial charge in [-0.05, 0) is 36.4 Å². The van der Waals surface area contributed by atoms with Crippen LogP contribution in [0, 0.1) is 11.3 Å². The lowest BCUT2D eigenvalue weighted by molar-refractivity contribution is 0.984. The van der Waals surface area contributed by atoms with Crippen molar-refractivity contribution in [3.05, 3.63) is 86.0 Å². The molecule has 25 heavy (non-hydrogen) atoms. The predicted octanol–water partition coefficient (Wildman–Crippen LogP) is 2.52. The van der Waals surface area contributed by atoms with E-state index in [0.29, 0.717) is 16.4 Å². The fraction of sp³-hybridized carbons (Fsp3) is 0. The van der Waals surface area contributed by atoms with Gasteiger partial charge in [-0.1, -0.05) is 23.7 Å². The molecule has 0 saturated heterocycles. The lowest BCUT2D eigenvalue weighted by Gasteiger charge is -2.11. The molecular weight excluding hydrogens is 340 g/mol. The number of hydrogen-bond acceptors (Lipinski definition) is 4. The van der Waals surface area contributed by atoms with E-state index < -0.39 is 5.56 Å². The fourth-order valence-electron chi connectivity index (χ4n) is 2.75. The molecule has 0 radical (unpaired) electrons. The minimum absolute atomic E-state index is 0.137. The van der Waals surface area contributed by atoms with Crippen molar-refractivity contribution in [3.63, 3.8) is 0 Å². The van der Waals surface area contributed by atoms with Crippen LogP contribution in [0.15, 0.2) is 64.3 Å². The Hall–Kier alpha value is -3.43. The Morgan fingerprint density at radius 2 is 1.88 bits per heavy atom. The second-order valence-electron chi connectivity index (χ2n) is 5.37. The molecule has 4 aromatic rings. The molecule has 7 heteroatoms. The van der Waals surface area contributed by atoms with Gasteiger partial charge in [0.2, 0.25) is 0 Å². The Morgan fingerprint density at radius 3 is 2.64 bits per heavy atom. The van der Waals surface area contributed by atoms with Crippen molar-refractivity contribution in [3.8, 4) is 11.8 Å². The first-order valence-electron chi connectivity index (χ1n) is 7.33. The summed E-state index contributed by atoms with van der Waals surface area (Å²) in [5, 5.41) is 9.90. The quantitative estimate of drug-likeness (QED) is 0.495. The van der Waals surface area contributed by atoms with Crippen molar-refractivity contribution < 1.29 is 0 Å². The van der Waals surface area contributed by atoms with Gasteiger partial charge in [0.05, 0.1) is 11.1 Å². The van der Waals surface area contributed by atoms with Gasteiger partial charge in [0, 0.05) is 11.2 Å². The number of nitrogens with zero attached hydrogens (tertiary/aromatic N) is 4. The standard InChI is InChI=1S/C18H9ClN4O2/c19-12-4-3-5-13(9-12)23-16-14(8-11(10-20)17(23)24)18(25)22-7-2-1-6-15(22)21-16/h1-9H. The lowest BCUT2D eigenvalue weighted by atomic mass is 10.2. The number of fused-ring (bicyclic) bond motifs is 2. The van der Waals surface area contributed by atoms with Gasteiger partial charge in [0.1, 0.15) is 17.3 Å². The molecule has 0 bridgehead atoms. The predicted molar refractivity (Wildman–Crippen MR) is 94.3 cm³/mol. The second-order valence-corrected chi connectivity index (χ2v) is 5.81. The maximum atomic E-state index is 12.8. The summed E-state index contributed by atoms with van der Waals surface area (Å²) < 4.78 is 2.62. The van der Waals surface area contributed by atoms with Crippen LogP contribution < -0.4 is 11.1 Å². The summed E-state index contributed by atoms with van der Waals surface area (Å²) in [6.45, 7) is 0. The largest absolute Gasteiger partial charge is 0.274 e. The normalized spacial score (nSPS) is 10.9. The van der Waals surface area contributed by atoms with Gasteiger partial charge in [-0.15, -0.1) is 0 Å². The highest BCUT2D eigenvalue weighted by atomic mass is 35.5. The SMILES string of the molecule is N#Cc1cc2c(=O)n3ccccc3nc2n(-c2cccc(Cl)c2)c1=O. The molecule has 1 aromatic carbocycles. The first kappa shape index (κ1) is 15.1. The summed E-state index contributed by atoms with van der Waals surface area (Å²) in [5.74, 6) is 0. The third kappa shape index (κ3) is 2.30. The Morgan fingerprint density at radius 1 is 1.04 bits per heavy atom. The molecule has 0 saturated carbocycles. The first-order valence-corrected chi connectivity index (χ1v) is 7.71. The van der Waals surface area contributed by atoms with Crippen LogP contribution in [0.25, 0.3) is 22.4 Å². The summed E-state index contributed by atoms with van der Waals surface area (Å²) in [7, 11) is 0. The highest BCUT2D eigenvalue weighted by Gasteiger charge is 2.16. The van der Waals surface area contributed by atoms with E-state index in [0.717, 1.165) is 0 Å². The molecule has 0 aliphatic heterocycles. The Kier molecular flexibility index (Phi) is 3.38. The summed E-state index contributed by atoms with van der Waals surface area (Å²) in [4.78, 5) is 30.0. The van der Waals surface area contributed by atoms with Crippen molar-refractivity contribution >= 4 is 28.3 Å². The van der Waals surface area contributed by atoms with Crippen LogP contribution in [0.5, 0.6) is 0 Å². The maximum Gasteiger partial charge on any atom is 0.274 e. The monoisotopic (exact) mass is 348 g/mol. The molecular formula is C18H9ClN4O2. The maximum absolute atomic E-state index is 12.8. The highest BCUT2D eigenvalue weighted by molar-refractivity contribution is 6.30. The molecule has 0 amide bonds. The van der Waals surface area contributed by atoms with Crippen LogP contribution in [-0.2, 0) is 0 Å². The van der Waals surface area contributed by atoms with Crippen molar-refractivity contribution in [2.45, 2.75) is 0 Å². The summed E-state index contributed by atoms with van der Waals surface area (Å²) in [6.07, 6.45) is 1.59. The van der Waals surface area contributed by atoms with Gasteiger partial charge in [-0.25, -0.2) is 4.98 Å². The van der Waals surface area contributed by atoms with E-state index in [1.54, 1.807) is 48.7 Å². The van der Waals surface area contributed by atoms with Gasteiger partial charge >= 0.3 is 0 Å². The molecule has 0 unspecified atom stereocenters. The number of aromatic nitrogens is 3. The number of hydrogen-bond donors (Lipinski definition) is 0. The zero-order chi connectivity index (χ0) is 17.6. The highest BCUT2D eigenvalue weighted by Crippen LogP contribution is 2.18. The Labute approximate surface area is 145 Å². The number of halogens is 1. The average molecular weight is 349 g/mol. The number of benzene rings is 1. The first-order chi connectivity index (χ1) is 12.1. The van der Waals surface area contributed by atoms with E-state index in [4.69, 9.17) is 11.6 Å². The molecule has 0 atom stereocenters. The number of nitriles is 1. The van der Waals surface area contributed by atoms with E-state index in [1.165, 1.54) is 15.0 Å². The van der Waals surface area contributed by atoms with Gasteiger partial charge in [0.15, 0.2) is 5.65 Å². The minimum Gasteiger partial charge on any atom is -0.268 e. The molecule has 6 nitrogen and oxygen atoms in total. The van der Waals surface area contributed by atoms with Gasteiger partial charge < -0.3 is 0 Å². The van der Waals surface area contributed by atoms with E-state index in [9.17, 15) is 14.9 Å². The van der Waals surface area contributed by atoms with Crippen molar-refractivity contribution in [2.75, 3.05) is 0 Å². The molecule has 0 spiro atoms. The van der Waals surface area contributed by atoms with E-state index in [1.807, 2.05) is 6.07 Å².